The lowest BCUT2D eigenvalue weighted by Crippen LogP contribution is -2.22. The third-order valence-electron chi connectivity index (χ3n) is 2.56. The average molecular weight is 242 g/mol. The third kappa shape index (κ3) is 3.13. The average Bonchev–Trinajstić information content (AvgIpc) is 2.30. The number of hydrogen-bond acceptors (Lipinski definition) is 4. The van der Waals surface area contributed by atoms with Gasteiger partial charge in [-0.1, -0.05) is 6.92 Å². The maximum atomic E-state index is 13.3. The number of nitro benzene ring substituents is 1. The Bertz CT molecular complexity index is 423. The standard InChI is InChI=1S/C11H15FN2O3/c1-3-8(13)4-7-5-11(17-2)9(12)6-10(7)14(15)16/h5-6,8H,3-4,13H2,1-2H3. The van der Waals surface area contributed by atoms with E-state index in [1.54, 1.807) is 0 Å². The van der Waals surface area contributed by atoms with Gasteiger partial charge in [-0.3, -0.25) is 10.1 Å². The zero-order chi connectivity index (χ0) is 13.0. The highest BCUT2D eigenvalue weighted by Crippen LogP contribution is 2.28. The molecule has 0 aromatic heterocycles. The minimum absolute atomic E-state index is 0.00565. The number of halogens is 1. The molecule has 1 aromatic carbocycles. The van der Waals surface area contributed by atoms with Gasteiger partial charge in [-0.15, -0.1) is 0 Å². The van der Waals surface area contributed by atoms with Crippen LogP contribution in [0.25, 0.3) is 0 Å². The van der Waals surface area contributed by atoms with Crippen LogP contribution in [0.2, 0.25) is 0 Å². The third-order valence-corrected chi connectivity index (χ3v) is 2.56. The lowest BCUT2D eigenvalue weighted by Gasteiger charge is -2.11. The molecular formula is C11H15FN2O3. The molecule has 6 heteroatoms. The second-order valence-corrected chi connectivity index (χ2v) is 3.75. The van der Waals surface area contributed by atoms with E-state index in [-0.39, 0.29) is 17.5 Å². The van der Waals surface area contributed by atoms with E-state index in [4.69, 9.17) is 10.5 Å². The molecule has 17 heavy (non-hydrogen) atoms. The molecule has 1 rings (SSSR count). The first kappa shape index (κ1) is 13.4. The fourth-order valence-electron chi connectivity index (χ4n) is 1.50. The fraction of sp³-hybridized carbons (Fsp3) is 0.455. The van der Waals surface area contributed by atoms with Crippen molar-refractivity contribution in [1.29, 1.82) is 0 Å². The number of nitrogens with zero attached hydrogens (tertiary/aromatic N) is 1. The first-order valence-corrected chi connectivity index (χ1v) is 5.26. The van der Waals surface area contributed by atoms with Gasteiger partial charge >= 0.3 is 0 Å². The highest BCUT2D eigenvalue weighted by atomic mass is 19.1. The molecule has 5 nitrogen and oxygen atoms in total. The number of ether oxygens (including phenoxy) is 1. The van der Waals surface area contributed by atoms with Crippen molar-refractivity contribution < 1.29 is 14.1 Å². The number of nitro groups is 1. The topological polar surface area (TPSA) is 78.4 Å². The molecule has 0 saturated heterocycles. The zero-order valence-electron chi connectivity index (χ0n) is 9.77. The van der Waals surface area contributed by atoms with Gasteiger partial charge in [-0.05, 0) is 18.9 Å². The van der Waals surface area contributed by atoms with Gasteiger partial charge in [0.2, 0.25) is 0 Å². The number of benzene rings is 1. The van der Waals surface area contributed by atoms with E-state index in [0.717, 1.165) is 6.07 Å². The summed E-state index contributed by atoms with van der Waals surface area (Å²) < 4.78 is 18.1. The van der Waals surface area contributed by atoms with Crippen LogP contribution in [0.3, 0.4) is 0 Å². The van der Waals surface area contributed by atoms with Crippen LogP contribution in [0.1, 0.15) is 18.9 Å². The summed E-state index contributed by atoms with van der Waals surface area (Å²) in [4.78, 5) is 10.2. The van der Waals surface area contributed by atoms with Crippen molar-refractivity contribution in [3.8, 4) is 5.75 Å². The molecular weight excluding hydrogens is 227 g/mol. The van der Waals surface area contributed by atoms with Crippen LogP contribution < -0.4 is 10.5 Å². The Kier molecular flexibility index (Phi) is 4.39. The van der Waals surface area contributed by atoms with Crippen molar-refractivity contribution >= 4 is 5.69 Å². The summed E-state index contributed by atoms with van der Waals surface area (Å²) in [7, 11) is 1.31. The maximum absolute atomic E-state index is 13.3. The van der Waals surface area contributed by atoms with Gasteiger partial charge in [0.1, 0.15) is 0 Å². The van der Waals surface area contributed by atoms with E-state index >= 15 is 0 Å². The molecule has 0 aliphatic heterocycles. The molecule has 0 aliphatic rings. The van der Waals surface area contributed by atoms with Gasteiger partial charge in [-0.2, -0.15) is 0 Å². The summed E-state index contributed by atoms with van der Waals surface area (Å²) in [6, 6.07) is 2.02. The Morgan fingerprint density at radius 1 is 1.59 bits per heavy atom. The van der Waals surface area contributed by atoms with Crippen molar-refractivity contribution in [2.24, 2.45) is 5.73 Å². The first-order valence-electron chi connectivity index (χ1n) is 5.26. The Morgan fingerprint density at radius 3 is 2.71 bits per heavy atom. The molecule has 0 spiro atoms. The minimum Gasteiger partial charge on any atom is -0.494 e. The molecule has 0 aliphatic carbocycles. The molecule has 1 aromatic rings. The molecule has 0 heterocycles. The summed E-state index contributed by atoms with van der Waals surface area (Å²) >= 11 is 0. The van der Waals surface area contributed by atoms with Gasteiger partial charge in [0.15, 0.2) is 11.6 Å². The van der Waals surface area contributed by atoms with Crippen LogP contribution in [-0.4, -0.2) is 18.1 Å². The molecule has 94 valence electrons. The monoisotopic (exact) mass is 242 g/mol. The Morgan fingerprint density at radius 2 is 2.24 bits per heavy atom. The second-order valence-electron chi connectivity index (χ2n) is 3.75. The Balaban J connectivity index is 3.19. The summed E-state index contributed by atoms with van der Waals surface area (Å²) in [5.74, 6) is -0.748. The molecule has 0 amide bonds. The Hall–Kier alpha value is -1.69. The first-order chi connectivity index (χ1) is 7.99. The lowest BCUT2D eigenvalue weighted by molar-refractivity contribution is -0.385. The van der Waals surface area contributed by atoms with Crippen molar-refractivity contribution in [3.05, 3.63) is 33.6 Å². The quantitative estimate of drug-likeness (QED) is 0.632. The molecule has 0 fully saturated rings. The van der Waals surface area contributed by atoms with E-state index in [1.165, 1.54) is 13.2 Å². The minimum atomic E-state index is -0.743. The molecule has 0 bridgehead atoms. The van der Waals surface area contributed by atoms with Crippen molar-refractivity contribution in [3.63, 3.8) is 0 Å². The highest BCUT2D eigenvalue weighted by Gasteiger charge is 2.20. The predicted molar refractivity (Wildman–Crippen MR) is 61.6 cm³/mol. The van der Waals surface area contributed by atoms with E-state index < -0.39 is 10.7 Å². The van der Waals surface area contributed by atoms with Crippen LogP contribution in [-0.2, 0) is 6.42 Å². The van der Waals surface area contributed by atoms with Gasteiger partial charge in [0.05, 0.1) is 18.1 Å². The normalized spacial score (nSPS) is 12.2. The van der Waals surface area contributed by atoms with Gasteiger partial charge in [0.25, 0.3) is 5.69 Å². The van der Waals surface area contributed by atoms with Crippen molar-refractivity contribution in [2.45, 2.75) is 25.8 Å². The molecule has 1 unspecified atom stereocenters. The van der Waals surface area contributed by atoms with E-state index in [0.29, 0.717) is 18.4 Å². The molecule has 2 N–H and O–H groups in total. The van der Waals surface area contributed by atoms with Crippen molar-refractivity contribution in [2.75, 3.05) is 7.11 Å². The van der Waals surface area contributed by atoms with Gasteiger partial charge < -0.3 is 10.5 Å². The summed E-state index contributed by atoms with van der Waals surface area (Å²) in [5, 5.41) is 10.8. The smallest absolute Gasteiger partial charge is 0.275 e. The van der Waals surface area contributed by atoms with E-state index in [2.05, 4.69) is 0 Å². The Labute approximate surface area is 98.5 Å². The predicted octanol–water partition coefficient (Wildman–Crippen LogP) is 2.02. The highest BCUT2D eigenvalue weighted by molar-refractivity contribution is 5.46. The molecule has 0 saturated carbocycles. The van der Waals surface area contributed by atoms with E-state index in [1.807, 2.05) is 6.92 Å². The maximum Gasteiger partial charge on any atom is 0.275 e. The zero-order valence-corrected chi connectivity index (χ0v) is 9.77. The van der Waals surface area contributed by atoms with Crippen molar-refractivity contribution in [1.82, 2.24) is 0 Å². The van der Waals surface area contributed by atoms with Gasteiger partial charge in [-0.25, -0.2) is 4.39 Å². The summed E-state index contributed by atoms with van der Waals surface area (Å²) in [6.07, 6.45) is 1.01. The molecule has 1 atom stereocenters. The number of nitrogens with two attached hydrogens (primary N) is 1. The van der Waals surface area contributed by atoms with Crippen LogP contribution in [0.15, 0.2) is 12.1 Å². The van der Waals surface area contributed by atoms with Crippen LogP contribution in [0.5, 0.6) is 5.75 Å². The number of rotatable bonds is 5. The number of methoxy groups -OCH3 is 1. The van der Waals surface area contributed by atoms with Crippen LogP contribution >= 0.6 is 0 Å². The second kappa shape index (κ2) is 5.58. The van der Waals surface area contributed by atoms with Gasteiger partial charge in [0, 0.05) is 11.6 Å². The molecule has 0 radical (unpaired) electrons. The van der Waals surface area contributed by atoms with Crippen LogP contribution in [0.4, 0.5) is 10.1 Å². The summed E-state index contributed by atoms with van der Waals surface area (Å²) in [5.41, 5.74) is 5.88. The lowest BCUT2D eigenvalue weighted by atomic mass is 10.0. The summed E-state index contributed by atoms with van der Waals surface area (Å²) in [6.45, 7) is 1.89. The van der Waals surface area contributed by atoms with E-state index in [9.17, 15) is 14.5 Å². The fourth-order valence-corrected chi connectivity index (χ4v) is 1.50. The number of hydrogen-bond donors (Lipinski definition) is 1. The largest absolute Gasteiger partial charge is 0.494 e. The SMILES string of the molecule is CCC(N)Cc1cc(OC)c(F)cc1[N+](=O)[O-]. The van der Waals surface area contributed by atoms with Crippen LogP contribution in [0, 0.1) is 15.9 Å².